The molecule has 1 unspecified atom stereocenters. The van der Waals surface area contributed by atoms with Crippen LogP contribution in [-0.2, 0) is 14.3 Å². The van der Waals surface area contributed by atoms with Gasteiger partial charge in [-0.1, -0.05) is 6.92 Å². The van der Waals surface area contributed by atoms with Crippen LogP contribution in [0.4, 0.5) is 0 Å². The Morgan fingerprint density at radius 2 is 2.13 bits per heavy atom. The molecule has 1 aliphatic carbocycles. The van der Waals surface area contributed by atoms with E-state index in [2.05, 4.69) is 0 Å². The molecule has 5 heteroatoms. The van der Waals surface area contributed by atoms with E-state index in [0.29, 0.717) is 13.2 Å². The molecule has 1 saturated heterocycles. The summed E-state index contributed by atoms with van der Waals surface area (Å²) in [4.78, 5) is 24.3. The smallest absolute Gasteiger partial charge is 0.334 e. The van der Waals surface area contributed by atoms with Crippen LogP contribution in [0.5, 0.6) is 0 Å². The zero-order valence-electron chi connectivity index (χ0n) is 8.73. The number of carboxylic acids is 1. The average molecular weight is 213 g/mol. The van der Waals surface area contributed by atoms with Gasteiger partial charge in [0.15, 0.2) is 6.10 Å². The summed E-state index contributed by atoms with van der Waals surface area (Å²) < 4.78 is 5.06. The third-order valence-corrected chi connectivity index (χ3v) is 3.15. The number of amides is 1. The van der Waals surface area contributed by atoms with E-state index in [1.165, 1.54) is 0 Å². The number of carbonyl (C=O) groups is 2. The molecule has 0 aromatic heterocycles. The highest BCUT2D eigenvalue weighted by molar-refractivity contribution is 5.85. The van der Waals surface area contributed by atoms with E-state index < -0.39 is 12.1 Å². The lowest BCUT2D eigenvalue weighted by molar-refractivity contribution is -0.160. The van der Waals surface area contributed by atoms with E-state index >= 15 is 0 Å². The van der Waals surface area contributed by atoms with Gasteiger partial charge < -0.3 is 14.7 Å². The molecule has 1 atom stereocenters. The van der Waals surface area contributed by atoms with Crippen LogP contribution in [0.3, 0.4) is 0 Å². The van der Waals surface area contributed by atoms with Gasteiger partial charge in [-0.05, 0) is 12.8 Å². The van der Waals surface area contributed by atoms with Crippen LogP contribution in [0, 0.1) is 5.41 Å². The molecule has 1 heterocycles. The van der Waals surface area contributed by atoms with Gasteiger partial charge in [-0.2, -0.15) is 0 Å². The fourth-order valence-corrected chi connectivity index (χ4v) is 1.77. The first-order valence-corrected chi connectivity index (χ1v) is 5.17. The molecule has 5 nitrogen and oxygen atoms in total. The van der Waals surface area contributed by atoms with Crippen molar-refractivity contribution in [2.24, 2.45) is 5.41 Å². The second-order valence-corrected chi connectivity index (χ2v) is 4.51. The number of morpholine rings is 1. The summed E-state index contributed by atoms with van der Waals surface area (Å²) in [5.41, 5.74) is -0.222. The molecule has 0 spiro atoms. The SMILES string of the molecule is CC1(C(=O)N2CCOC(C(=O)O)C2)CC1. The van der Waals surface area contributed by atoms with Crippen LogP contribution in [0.25, 0.3) is 0 Å². The molecule has 1 aliphatic heterocycles. The van der Waals surface area contributed by atoms with Crippen LogP contribution >= 0.6 is 0 Å². The van der Waals surface area contributed by atoms with Crippen molar-refractivity contribution in [2.75, 3.05) is 19.7 Å². The Hall–Kier alpha value is -1.10. The molecule has 1 saturated carbocycles. The van der Waals surface area contributed by atoms with E-state index in [0.717, 1.165) is 12.8 Å². The number of nitrogens with zero attached hydrogens (tertiary/aromatic N) is 1. The molecule has 84 valence electrons. The maximum atomic E-state index is 11.9. The molecular weight excluding hydrogens is 198 g/mol. The van der Waals surface area contributed by atoms with Crippen LogP contribution in [0.1, 0.15) is 19.8 Å². The molecule has 1 N–H and O–H groups in total. The lowest BCUT2D eigenvalue weighted by atomic mass is 10.1. The molecule has 0 aromatic rings. The Morgan fingerprint density at radius 1 is 1.47 bits per heavy atom. The highest BCUT2D eigenvalue weighted by atomic mass is 16.5. The van der Waals surface area contributed by atoms with E-state index in [1.54, 1.807) is 4.90 Å². The van der Waals surface area contributed by atoms with Gasteiger partial charge in [0.1, 0.15) is 0 Å². The largest absolute Gasteiger partial charge is 0.479 e. The van der Waals surface area contributed by atoms with Gasteiger partial charge in [0.25, 0.3) is 0 Å². The normalized spacial score (nSPS) is 28.6. The quantitative estimate of drug-likeness (QED) is 0.706. The predicted octanol–water partition coefficient (Wildman–Crippen LogP) is 0.0985. The van der Waals surface area contributed by atoms with Crippen LogP contribution in [-0.4, -0.2) is 47.7 Å². The van der Waals surface area contributed by atoms with E-state index in [-0.39, 0.29) is 17.9 Å². The zero-order valence-corrected chi connectivity index (χ0v) is 8.73. The zero-order chi connectivity index (χ0) is 11.1. The molecule has 2 aliphatic rings. The van der Waals surface area contributed by atoms with Crippen LogP contribution in [0.15, 0.2) is 0 Å². The van der Waals surface area contributed by atoms with Gasteiger partial charge in [0, 0.05) is 12.0 Å². The molecule has 1 amide bonds. The number of carbonyl (C=O) groups excluding carboxylic acids is 1. The summed E-state index contributed by atoms with van der Waals surface area (Å²) in [6, 6.07) is 0. The number of hydrogen-bond acceptors (Lipinski definition) is 3. The molecule has 2 fully saturated rings. The Bertz CT molecular complexity index is 298. The van der Waals surface area contributed by atoms with Crippen molar-refractivity contribution in [3.05, 3.63) is 0 Å². The first-order valence-electron chi connectivity index (χ1n) is 5.17. The lowest BCUT2D eigenvalue weighted by Crippen LogP contribution is -2.50. The monoisotopic (exact) mass is 213 g/mol. The molecule has 15 heavy (non-hydrogen) atoms. The van der Waals surface area contributed by atoms with E-state index in [9.17, 15) is 9.59 Å². The number of carboxylic acid groups (broad SMARTS) is 1. The van der Waals surface area contributed by atoms with Crippen molar-refractivity contribution in [3.63, 3.8) is 0 Å². The first kappa shape index (κ1) is 10.4. The number of ether oxygens (including phenoxy) is 1. The summed E-state index contributed by atoms with van der Waals surface area (Å²) in [6.45, 7) is 2.95. The number of rotatable bonds is 2. The first-order chi connectivity index (χ1) is 7.03. The summed E-state index contributed by atoms with van der Waals surface area (Å²) in [5.74, 6) is -0.912. The minimum atomic E-state index is -0.992. The molecule has 2 rings (SSSR count). The van der Waals surface area contributed by atoms with Crippen molar-refractivity contribution in [3.8, 4) is 0 Å². The molecule has 0 aromatic carbocycles. The summed E-state index contributed by atoms with van der Waals surface area (Å²) in [7, 11) is 0. The van der Waals surface area contributed by atoms with Crippen LogP contribution < -0.4 is 0 Å². The Morgan fingerprint density at radius 3 is 2.67 bits per heavy atom. The van der Waals surface area contributed by atoms with Gasteiger partial charge in [0.05, 0.1) is 13.2 Å². The second-order valence-electron chi connectivity index (χ2n) is 4.51. The molecular formula is C10H15NO4. The third kappa shape index (κ3) is 1.97. The Kier molecular flexibility index (Phi) is 2.42. The van der Waals surface area contributed by atoms with Gasteiger partial charge >= 0.3 is 5.97 Å². The fourth-order valence-electron chi connectivity index (χ4n) is 1.77. The van der Waals surface area contributed by atoms with Crippen molar-refractivity contribution in [1.82, 2.24) is 4.90 Å². The topological polar surface area (TPSA) is 66.8 Å². The third-order valence-electron chi connectivity index (χ3n) is 3.15. The minimum Gasteiger partial charge on any atom is -0.479 e. The summed E-state index contributed by atoms with van der Waals surface area (Å²) in [5, 5.41) is 8.79. The maximum absolute atomic E-state index is 11.9. The van der Waals surface area contributed by atoms with E-state index in [4.69, 9.17) is 9.84 Å². The lowest BCUT2D eigenvalue weighted by Gasteiger charge is -2.32. The number of hydrogen-bond donors (Lipinski definition) is 1. The van der Waals surface area contributed by atoms with Gasteiger partial charge in [0.2, 0.25) is 5.91 Å². The second kappa shape index (κ2) is 3.48. The predicted molar refractivity (Wildman–Crippen MR) is 51.3 cm³/mol. The van der Waals surface area contributed by atoms with Crippen molar-refractivity contribution in [2.45, 2.75) is 25.9 Å². The van der Waals surface area contributed by atoms with Gasteiger partial charge in [-0.15, -0.1) is 0 Å². The Labute approximate surface area is 88.0 Å². The maximum Gasteiger partial charge on any atom is 0.334 e. The Balaban J connectivity index is 1.98. The minimum absolute atomic E-state index is 0.0806. The summed E-state index contributed by atoms with van der Waals surface area (Å²) >= 11 is 0. The molecule has 0 radical (unpaired) electrons. The summed E-state index contributed by atoms with van der Waals surface area (Å²) in [6.07, 6.45) is 0.979. The van der Waals surface area contributed by atoms with Crippen molar-refractivity contribution < 1.29 is 19.4 Å². The van der Waals surface area contributed by atoms with Crippen LogP contribution in [0.2, 0.25) is 0 Å². The van der Waals surface area contributed by atoms with E-state index in [1.807, 2.05) is 6.92 Å². The standard InChI is InChI=1S/C10H15NO4/c1-10(2-3-10)9(14)11-4-5-15-7(6-11)8(12)13/h7H,2-6H2,1H3,(H,12,13). The van der Waals surface area contributed by atoms with Gasteiger partial charge in [-0.25, -0.2) is 4.79 Å². The number of aliphatic carboxylic acids is 1. The van der Waals surface area contributed by atoms with Crippen molar-refractivity contribution >= 4 is 11.9 Å². The van der Waals surface area contributed by atoms with Crippen molar-refractivity contribution in [1.29, 1.82) is 0 Å². The molecule has 0 bridgehead atoms. The fraction of sp³-hybridized carbons (Fsp3) is 0.800. The van der Waals surface area contributed by atoms with Gasteiger partial charge in [-0.3, -0.25) is 4.79 Å². The average Bonchev–Trinajstić information content (AvgIpc) is 2.97. The highest BCUT2D eigenvalue weighted by Gasteiger charge is 2.48. The highest BCUT2D eigenvalue weighted by Crippen LogP contribution is 2.46.